The number of rotatable bonds is 3. The number of para-hydroxylation sites is 1. The lowest BCUT2D eigenvalue weighted by molar-refractivity contribution is -0.141. The number of hydrogen-bond acceptors (Lipinski definition) is 2. The maximum absolute atomic E-state index is 13.2. The predicted octanol–water partition coefficient (Wildman–Crippen LogP) is 3.79. The second-order valence-electron chi connectivity index (χ2n) is 7.29. The van der Waals surface area contributed by atoms with Crippen LogP contribution in [0.3, 0.4) is 0 Å². The molecule has 0 fully saturated rings. The quantitative estimate of drug-likeness (QED) is 0.847. The van der Waals surface area contributed by atoms with Crippen LogP contribution < -0.4 is 5.32 Å². The molecule has 2 amide bonds. The molecule has 2 aromatic carbocycles. The van der Waals surface area contributed by atoms with Gasteiger partial charge in [-0.25, -0.2) is 0 Å². The highest BCUT2D eigenvalue weighted by atomic mass is 16.2. The minimum atomic E-state index is -0.320. The number of amides is 2. The summed E-state index contributed by atoms with van der Waals surface area (Å²) in [5.41, 5.74) is 3.31. The van der Waals surface area contributed by atoms with Crippen molar-refractivity contribution in [3.8, 4) is 0 Å². The summed E-state index contributed by atoms with van der Waals surface area (Å²) in [5.74, 6) is -0.577. The van der Waals surface area contributed by atoms with Crippen LogP contribution in [0.5, 0.6) is 0 Å². The zero-order chi connectivity index (χ0) is 18.6. The minimum absolute atomic E-state index is 0.0682. The third-order valence-electron chi connectivity index (χ3n) is 5.57. The van der Waals surface area contributed by atoms with Gasteiger partial charge in [0, 0.05) is 18.8 Å². The molecular formula is C23H24N2O2. The number of nitrogens with zero attached hydrogens (tertiary/aromatic N) is 1. The fraction of sp³-hybridized carbons (Fsp3) is 0.304. The highest BCUT2D eigenvalue weighted by molar-refractivity contribution is 5.96. The first-order chi connectivity index (χ1) is 13.2. The molecule has 2 aliphatic rings. The van der Waals surface area contributed by atoms with Crippen molar-refractivity contribution >= 4 is 17.5 Å². The van der Waals surface area contributed by atoms with E-state index in [-0.39, 0.29) is 23.7 Å². The lowest BCUT2D eigenvalue weighted by atomic mass is 9.81. The van der Waals surface area contributed by atoms with Gasteiger partial charge in [-0.15, -0.1) is 0 Å². The third-order valence-corrected chi connectivity index (χ3v) is 5.57. The Labute approximate surface area is 159 Å². The number of fused-ring (bicyclic) bond motifs is 1. The van der Waals surface area contributed by atoms with Gasteiger partial charge in [0.15, 0.2) is 0 Å². The van der Waals surface area contributed by atoms with E-state index in [0.29, 0.717) is 19.4 Å². The van der Waals surface area contributed by atoms with E-state index in [1.165, 1.54) is 11.1 Å². The molecule has 138 valence electrons. The Kier molecular flexibility index (Phi) is 5.05. The summed E-state index contributed by atoms with van der Waals surface area (Å²) in [6.45, 7) is 1.37. The molecule has 4 rings (SSSR count). The summed E-state index contributed by atoms with van der Waals surface area (Å²) in [6, 6.07) is 17.7. The summed E-state index contributed by atoms with van der Waals surface area (Å²) in [6.07, 6.45) is 6.17. The Morgan fingerprint density at radius 3 is 2.30 bits per heavy atom. The van der Waals surface area contributed by atoms with Crippen molar-refractivity contribution in [2.75, 3.05) is 11.9 Å². The van der Waals surface area contributed by atoms with E-state index < -0.39 is 0 Å². The number of nitrogens with one attached hydrogen (secondary N) is 1. The van der Waals surface area contributed by atoms with E-state index in [4.69, 9.17) is 0 Å². The molecule has 1 aliphatic carbocycles. The van der Waals surface area contributed by atoms with E-state index in [9.17, 15) is 9.59 Å². The number of carbonyl (C=O) groups is 2. The standard InChI is InChI=1S/C23H24N2O2/c26-22(24-19-10-2-1-3-11-19)20-12-6-7-13-21(20)23(27)25-15-14-17-8-4-5-9-18(17)16-25/h1-11,20-21H,12-16H2,(H,24,26). The number of benzene rings is 2. The van der Waals surface area contributed by atoms with Crippen molar-refractivity contribution in [3.63, 3.8) is 0 Å². The van der Waals surface area contributed by atoms with Gasteiger partial charge in [0.25, 0.3) is 0 Å². The molecule has 0 bridgehead atoms. The molecule has 1 heterocycles. The van der Waals surface area contributed by atoms with Gasteiger partial charge in [-0.3, -0.25) is 9.59 Å². The molecule has 27 heavy (non-hydrogen) atoms. The zero-order valence-corrected chi connectivity index (χ0v) is 15.3. The number of allylic oxidation sites excluding steroid dienone is 2. The van der Waals surface area contributed by atoms with Crippen LogP contribution in [0.2, 0.25) is 0 Å². The molecule has 1 N–H and O–H groups in total. The highest BCUT2D eigenvalue weighted by Crippen LogP contribution is 2.30. The maximum Gasteiger partial charge on any atom is 0.228 e. The van der Waals surface area contributed by atoms with Gasteiger partial charge in [-0.1, -0.05) is 54.6 Å². The summed E-state index contributed by atoms with van der Waals surface area (Å²) >= 11 is 0. The summed E-state index contributed by atoms with van der Waals surface area (Å²) in [7, 11) is 0. The number of hydrogen-bond donors (Lipinski definition) is 1. The third kappa shape index (κ3) is 3.80. The van der Waals surface area contributed by atoms with Crippen LogP contribution in [0.25, 0.3) is 0 Å². The van der Waals surface area contributed by atoms with Crippen LogP contribution in [-0.2, 0) is 22.6 Å². The van der Waals surface area contributed by atoms with Crippen molar-refractivity contribution in [2.24, 2.45) is 11.8 Å². The minimum Gasteiger partial charge on any atom is -0.338 e. The largest absolute Gasteiger partial charge is 0.338 e. The fourth-order valence-corrected chi connectivity index (χ4v) is 4.05. The molecule has 4 heteroatoms. The van der Waals surface area contributed by atoms with Crippen molar-refractivity contribution in [3.05, 3.63) is 77.9 Å². The lowest BCUT2D eigenvalue weighted by Crippen LogP contribution is -2.44. The molecule has 2 atom stereocenters. The Hall–Kier alpha value is -2.88. The molecule has 4 nitrogen and oxygen atoms in total. The normalized spacial score (nSPS) is 21.4. The van der Waals surface area contributed by atoms with Crippen LogP contribution in [0.15, 0.2) is 66.7 Å². The van der Waals surface area contributed by atoms with Crippen LogP contribution in [-0.4, -0.2) is 23.3 Å². The van der Waals surface area contributed by atoms with Crippen LogP contribution in [0, 0.1) is 11.8 Å². The van der Waals surface area contributed by atoms with Gasteiger partial charge in [-0.05, 0) is 42.5 Å². The monoisotopic (exact) mass is 360 g/mol. The molecule has 0 spiro atoms. The molecule has 0 saturated carbocycles. The Balaban J connectivity index is 1.48. The van der Waals surface area contributed by atoms with Gasteiger partial charge < -0.3 is 10.2 Å². The molecule has 2 aromatic rings. The Morgan fingerprint density at radius 1 is 0.852 bits per heavy atom. The smallest absolute Gasteiger partial charge is 0.228 e. The van der Waals surface area contributed by atoms with Crippen molar-refractivity contribution in [1.82, 2.24) is 4.90 Å². The fourth-order valence-electron chi connectivity index (χ4n) is 4.05. The lowest BCUT2D eigenvalue weighted by Gasteiger charge is -2.35. The molecule has 2 unspecified atom stereocenters. The van der Waals surface area contributed by atoms with Gasteiger partial charge in [0.1, 0.15) is 0 Å². The number of carbonyl (C=O) groups excluding carboxylic acids is 2. The van der Waals surface area contributed by atoms with E-state index in [1.807, 2.05) is 59.5 Å². The predicted molar refractivity (Wildman–Crippen MR) is 106 cm³/mol. The molecule has 0 aromatic heterocycles. The molecule has 0 saturated heterocycles. The summed E-state index contributed by atoms with van der Waals surface area (Å²) in [5, 5.41) is 2.97. The van der Waals surface area contributed by atoms with Crippen LogP contribution in [0.4, 0.5) is 5.69 Å². The van der Waals surface area contributed by atoms with E-state index in [1.54, 1.807) is 0 Å². The van der Waals surface area contributed by atoms with Crippen LogP contribution in [0.1, 0.15) is 24.0 Å². The first kappa shape index (κ1) is 17.5. The Bertz CT molecular complexity index is 860. The summed E-state index contributed by atoms with van der Waals surface area (Å²) < 4.78 is 0. The topological polar surface area (TPSA) is 49.4 Å². The number of anilines is 1. The SMILES string of the molecule is O=C(Nc1ccccc1)C1CC=CCC1C(=O)N1CCc2ccccc2C1. The average Bonchev–Trinajstić information content (AvgIpc) is 2.73. The van der Waals surface area contributed by atoms with Crippen molar-refractivity contribution < 1.29 is 9.59 Å². The second kappa shape index (κ2) is 7.78. The van der Waals surface area contributed by atoms with Crippen molar-refractivity contribution in [1.29, 1.82) is 0 Å². The van der Waals surface area contributed by atoms with E-state index in [0.717, 1.165) is 18.7 Å². The first-order valence-electron chi connectivity index (χ1n) is 9.59. The molecule has 1 aliphatic heterocycles. The first-order valence-corrected chi connectivity index (χ1v) is 9.59. The van der Waals surface area contributed by atoms with Gasteiger partial charge in [-0.2, -0.15) is 0 Å². The zero-order valence-electron chi connectivity index (χ0n) is 15.3. The van der Waals surface area contributed by atoms with E-state index >= 15 is 0 Å². The molecule has 0 radical (unpaired) electrons. The average molecular weight is 360 g/mol. The maximum atomic E-state index is 13.2. The van der Waals surface area contributed by atoms with Gasteiger partial charge >= 0.3 is 0 Å². The van der Waals surface area contributed by atoms with Gasteiger partial charge in [0.05, 0.1) is 11.8 Å². The van der Waals surface area contributed by atoms with Crippen molar-refractivity contribution in [2.45, 2.75) is 25.8 Å². The van der Waals surface area contributed by atoms with Crippen LogP contribution >= 0.6 is 0 Å². The summed E-state index contributed by atoms with van der Waals surface area (Å²) in [4.78, 5) is 28.0. The highest BCUT2D eigenvalue weighted by Gasteiger charge is 2.37. The van der Waals surface area contributed by atoms with Gasteiger partial charge in [0.2, 0.25) is 11.8 Å². The molecular weight excluding hydrogens is 336 g/mol. The second-order valence-corrected chi connectivity index (χ2v) is 7.29. The van der Waals surface area contributed by atoms with E-state index in [2.05, 4.69) is 17.4 Å². The Morgan fingerprint density at radius 2 is 1.52 bits per heavy atom.